The van der Waals surface area contributed by atoms with Crippen LogP contribution in [0.25, 0.3) is 0 Å². The van der Waals surface area contributed by atoms with Crippen LogP contribution in [0.15, 0.2) is 24.3 Å². The normalized spacial score (nSPS) is 20.9. The number of nitrogens with zero attached hydrogens (tertiary/aromatic N) is 2. The third kappa shape index (κ3) is 6.05. The summed E-state index contributed by atoms with van der Waals surface area (Å²) in [5.41, 5.74) is 2.01. The molecule has 2 saturated heterocycles. The zero-order valence-corrected chi connectivity index (χ0v) is 18.6. The van der Waals surface area contributed by atoms with Crippen LogP contribution in [0, 0.1) is 0 Å². The smallest absolute Gasteiger partial charge is 0.321 e. The molecule has 170 valence electrons. The third-order valence-electron chi connectivity index (χ3n) is 6.90. The number of carbonyl (C=O) groups excluding carboxylic acids is 2. The number of benzene rings is 1. The summed E-state index contributed by atoms with van der Waals surface area (Å²) in [6, 6.07) is 8.46. The zero-order valence-electron chi connectivity index (χ0n) is 18.6. The van der Waals surface area contributed by atoms with Crippen molar-refractivity contribution in [2.45, 2.75) is 76.3 Å². The summed E-state index contributed by atoms with van der Waals surface area (Å²) >= 11 is 0. The Kier molecular flexibility index (Phi) is 7.54. The van der Waals surface area contributed by atoms with E-state index < -0.39 is 0 Å². The SMILES string of the molecule is O=C(NC1CCCCC1)NC1CCN(C(=O)Nc2ccccc2N2CCCCC2)CC1. The van der Waals surface area contributed by atoms with E-state index in [-0.39, 0.29) is 18.1 Å². The Morgan fingerprint density at radius 1 is 0.742 bits per heavy atom. The maximum absolute atomic E-state index is 12.9. The minimum Gasteiger partial charge on any atom is -0.370 e. The maximum Gasteiger partial charge on any atom is 0.321 e. The van der Waals surface area contributed by atoms with E-state index in [2.05, 4.69) is 26.9 Å². The highest BCUT2D eigenvalue weighted by Crippen LogP contribution is 2.28. The second-order valence-corrected chi connectivity index (χ2v) is 9.21. The van der Waals surface area contributed by atoms with Crippen LogP contribution in [0.3, 0.4) is 0 Å². The molecule has 2 aliphatic heterocycles. The number of piperidine rings is 2. The monoisotopic (exact) mass is 427 g/mol. The Labute approximate surface area is 185 Å². The van der Waals surface area contributed by atoms with Crippen LogP contribution < -0.4 is 20.9 Å². The molecular formula is C24H37N5O2. The largest absolute Gasteiger partial charge is 0.370 e. The van der Waals surface area contributed by atoms with Gasteiger partial charge in [0.25, 0.3) is 0 Å². The van der Waals surface area contributed by atoms with E-state index >= 15 is 0 Å². The fraction of sp³-hybridized carbons (Fsp3) is 0.667. The van der Waals surface area contributed by atoms with Gasteiger partial charge >= 0.3 is 12.1 Å². The van der Waals surface area contributed by atoms with Crippen LogP contribution in [0.5, 0.6) is 0 Å². The summed E-state index contributed by atoms with van der Waals surface area (Å²) in [6.45, 7) is 3.41. The summed E-state index contributed by atoms with van der Waals surface area (Å²) in [5, 5.41) is 9.37. The minimum absolute atomic E-state index is 0.0467. The molecule has 0 atom stereocenters. The number of rotatable bonds is 4. The number of amides is 4. The van der Waals surface area contributed by atoms with Crippen molar-refractivity contribution in [3.63, 3.8) is 0 Å². The Bertz CT molecular complexity index is 735. The Balaban J connectivity index is 1.24. The van der Waals surface area contributed by atoms with Gasteiger partial charge in [-0.25, -0.2) is 9.59 Å². The van der Waals surface area contributed by atoms with E-state index in [1.165, 1.54) is 38.5 Å². The predicted molar refractivity (Wildman–Crippen MR) is 125 cm³/mol. The molecule has 7 heteroatoms. The van der Waals surface area contributed by atoms with E-state index in [9.17, 15) is 9.59 Å². The van der Waals surface area contributed by atoms with E-state index in [4.69, 9.17) is 0 Å². The topological polar surface area (TPSA) is 76.7 Å². The predicted octanol–water partition coefficient (Wildman–Crippen LogP) is 4.31. The van der Waals surface area contributed by atoms with E-state index in [0.29, 0.717) is 19.1 Å². The van der Waals surface area contributed by atoms with Gasteiger partial charge in [0, 0.05) is 38.3 Å². The average Bonchev–Trinajstić information content (AvgIpc) is 2.81. The van der Waals surface area contributed by atoms with Gasteiger partial charge in [-0.15, -0.1) is 0 Å². The molecule has 7 nitrogen and oxygen atoms in total. The number of hydrogen-bond acceptors (Lipinski definition) is 3. The van der Waals surface area contributed by atoms with Crippen LogP contribution in [-0.4, -0.2) is 55.2 Å². The molecule has 2 heterocycles. The number of nitrogens with one attached hydrogen (secondary N) is 3. The second kappa shape index (κ2) is 10.7. The Morgan fingerprint density at radius 3 is 2.06 bits per heavy atom. The van der Waals surface area contributed by atoms with Crippen LogP contribution in [0.4, 0.5) is 21.0 Å². The van der Waals surface area contributed by atoms with Crippen molar-refractivity contribution in [1.82, 2.24) is 15.5 Å². The first-order valence-electron chi connectivity index (χ1n) is 12.2. The van der Waals surface area contributed by atoms with Gasteiger partial charge in [0.15, 0.2) is 0 Å². The molecule has 0 spiro atoms. The number of para-hydroxylation sites is 2. The summed E-state index contributed by atoms with van der Waals surface area (Å²) in [6.07, 6.45) is 11.1. The van der Waals surface area contributed by atoms with Crippen molar-refractivity contribution in [2.24, 2.45) is 0 Å². The summed E-state index contributed by atoms with van der Waals surface area (Å²) in [4.78, 5) is 29.4. The minimum atomic E-state index is -0.0507. The highest BCUT2D eigenvalue weighted by Gasteiger charge is 2.25. The van der Waals surface area contributed by atoms with Crippen molar-refractivity contribution in [3.8, 4) is 0 Å². The number of urea groups is 2. The lowest BCUT2D eigenvalue weighted by Gasteiger charge is -2.34. The Hall–Kier alpha value is -2.44. The highest BCUT2D eigenvalue weighted by molar-refractivity contribution is 5.93. The maximum atomic E-state index is 12.9. The fourth-order valence-electron chi connectivity index (χ4n) is 5.07. The van der Waals surface area contributed by atoms with Crippen molar-refractivity contribution in [1.29, 1.82) is 0 Å². The van der Waals surface area contributed by atoms with Gasteiger partial charge in [-0.2, -0.15) is 0 Å². The summed E-state index contributed by atoms with van der Waals surface area (Å²) in [7, 11) is 0. The standard InChI is InChI=1S/C24H37N5O2/c30-23(25-19-9-3-1-4-10-19)26-20-13-17-29(18-14-20)24(31)27-21-11-5-6-12-22(21)28-15-7-2-8-16-28/h5-6,11-12,19-20H,1-4,7-10,13-18H2,(H,27,31)(H2,25,26,30). The number of anilines is 2. The fourth-order valence-corrected chi connectivity index (χ4v) is 5.07. The van der Waals surface area contributed by atoms with Gasteiger partial charge < -0.3 is 25.8 Å². The van der Waals surface area contributed by atoms with E-state index in [1.807, 2.05) is 23.1 Å². The van der Waals surface area contributed by atoms with Crippen LogP contribution in [0.1, 0.15) is 64.2 Å². The molecule has 1 aromatic carbocycles. The summed E-state index contributed by atoms with van der Waals surface area (Å²) in [5.74, 6) is 0. The lowest BCUT2D eigenvalue weighted by Crippen LogP contribution is -2.51. The van der Waals surface area contributed by atoms with Crippen molar-refractivity contribution < 1.29 is 9.59 Å². The van der Waals surface area contributed by atoms with Gasteiger partial charge in [0.05, 0.1) is 11.4 Å². The van der Waals surface area contributed by atoms with Gasteiger partial charge in [0.2, 0.25) is 0 Å². The molecule has 0 unspecified atom stereocenters. The molecule has 3 fully saturated rings. The lowest BCUT2D eigenvalue weighted by molar-refractivity contribution is 0.186. The number of likely N-dealkylation sites (tertiary alicyclic amines) is 1. The molecule has 1 aromatic rings. The first-order chi connectivity index (χ1) is 15.2. The summed E-state index contributed by atoms with van der Waals surface area (Å²) < 4.78 is 0. The van der Waals surface area contributed by atoms with Crippen LogP contribution in [0.2, 0.25) is 0 Å². The van der Waals surface area contributed by atoms with Crippen LogP contribution in [-0.2, 0) is 0 Å². The molecular weight excluding hydrogens is 390 g/mol. The van der Waals surface area contributed by atoms with E-state index in [0.717, 1.165) is 50.1 Å². The van der Waals surface area contributed by atoms with Crippen LogP contribution >= 0.6 is 0 Å². The Morgan fingerprint density at radius 2 is 1.35 bits per heavy atom. The lowest BCUT2D eigenvalue weighted by atomic mass is 9.96. The molecule has 0 bridgehead atoms. The third-order valence-corrected chi connectivity index (χ3v) is 6.90. The molecule has 1 aliphatic carbocycles. The van der Waals surface area contributed by atoms with Gasteiger partial charge in [-0.1, -0.05) is 31.4 Å². The van der Waals surface area contributed by atoms with E-state index in [1.54, 1.807) is 0 Å². The first kappa shape index (κ1) is 21.8. The van der Waals surface area contributed by atoms with Gasteiger partial charge in [-0.3, -0.25) is 0 Å². The molecule has 0 aromatic heterocycles. The molecule has 0 radical (unpaired) electrons. The van der Waals surface area contributed by atoms with Crippen molar-refractivity contribution in [2.75, 3.05) is 36.4 Å². The van der Waals surface area contributed by atoms with Crippen molar-refractivity contribution >= 4 is 23.4 Å². The number of hydrogen-bond donors (Lipinski definition) is 3. The van der Waals surface area contributed by atoms with Crippen molar-refractivity contribution in [3.05, 3.63) is 24.3 Å². The average molecular weight is 428 g/mol. The van der Waals surface area contributed by atoms with Gasteiger partial charge in [0.1, 0.15) is 0 Å². The molecule has 31 heavy (non-hydrogen) atoms. The van der Waals surface area contributed by atoms with Gasteiger partial charge in [-0.05, 0) is 57.1 Å². The quantitative estimate of drug-likeness (QED) is 0.670. The first-order valence-corrected chi connectivity index (χ1v) is 12.2. The zero-order chi connectivity index (χ0) is 21.5. The highest BCUT2D eigenvalue weighted by atomic mass is 16.2. The molecule has 3 N–H and O–H groups in total. The molecule has 4 rings (SSSR count). The second-order valence-electron chi connectivity index (χ2n) is 9.21. The molecule has 1 saturated carbocycles. The molecule has 3 aliphatic rings. The molecule has 4 amide bonds. The number of carbonyl (C=O) groups is 2.